The molecular formula is C11H13FO4. The van der Waals surface area contributed by atoms with E-state index in [1.54, 1.807) is 0 Å². The quantitative estimate of drug-likeness (QED) is 0.738. The Balaban J connectivity index is 3.08. The highest BCUT2D eigenvalue weighted by Gasteiger charge is 2.29. The van der Waals surface area contributed by atoms with Crippen LogP contribution < -0.4 is 0 Å². The van der Waals surface area contributed by atoms with Crippen LogP contribution in [0.3, 0.4) is 0 Å². The second-order valence-electron chi connectivity index (χ2n) is 4.27. The fraction of sp³-hybridized carbons (Fsp3) is 0.364. The largest absolute Gasteiger partial charge is 0.505 e. The summed E-state index contributed by atoms with van der Waals surface area (Å²) in [6, 6.07) is 2.39. The van der Waals surface area contributed by atoms with E-state index in [1.807, 2.05) is 0 Å². The Hall–Kier alpha value is -1.78. The number of aromatic hydroxyl groups is 2. The number of carbonyl (C=O) groups is 1. The predicted molar refractivity (Wildman–Crippen MR) is 54.9 cm³/mol. The number of rotatable bonds is 3. The Kier molecular flexibility index (Phi) is 3.07. The minimum absolute atomic E-state index is 0.0225. The molecule has 1 aromatic carbocycles. The predicted octanol–water partition coefficient (Wildman–Crippen LogP) is 1.89. The van der Waals surface area contributed by atoms with Crippen LogP contribution in [0.1, 0.15) is 19.4 Å². The van der Waals surface area contributed by atoms with Gasteiger partial charge in [-0.25, -0.2) is 0 Å². The van der Waals surface area contributed by atoms with E-state index in [4.69, 9.17) is 10.2 Å². The van der Waals surface area contributed by atoms with Gasteiger partial charge in [0.1, 0.15) is 0 Å². The van der Waals surface area contributed by atoms with E-state index in [2.05, 4.69) is 0 Å². The number of hydrogen-bond donors (Lipinski definition) is 3. The number of halogens is 1. The van der Waals surface area contributed by atoms with Crippen LogP contribution in [-0.4, -0.2) is 21.3 Å². The van der Waals surface area contributed by atoms with Crippen LogP contribution in [0.4, 0.5) is 4.39 Å². The lowest BCUT2D eigenvalue weighted by Crippen LogP contribution is -2.26. The summed E-state index contributed by atoms with van der Waals surface area (Å²) >= 11 is 0. The van der Waals surface area contributed by atoms with Crippen molar-refractivity contribution < 1.29 is 24.5 Å². The second-order valence-corrected chi connectivity index (χ2v) is 4.27. The molecule has 3 N–H and O–H groups in total. The lowest BCUT2D eigenvalue weighted by atomic mass is 9.85. The molecule has 0 spiro atoms. The van der Waals surface area contributed by atoms with Crippen LogP contribution in [0, 0.1) is 11.2 Å². The summed E-state index contributed by atoms with van der Waals surface area (Å²) in [5.41, 5.74) is -0.955. The molecule has 0 atom stereocenters. The molecule has 5 heteroatoms. The normalized spacial score (nSPS) is 11.4. The molecule has 0 bridgehead atoms. The van der Waals surface area contributed by atoms with Crippen molar-refractivity contribution in [2.75, 3.05) is 0 Å². The third-order valence-corrected chi connectivity index (χ3v) is 2.39. The Labute approximate surface area is 92.0 Å². The van der Waals surface area contributed by atoms with Crippen molar-refractivity contribution in [2.24, 2.45) is 5.41 Å². The van der Waals surface area contributed by atoms with Gasteiger partial charge in [-0.1, -0.05) is 6.07 Å². The van der Waals surface area contributed by atoms with Crippen molar-refractivity contribution in [1.29, 1.82) is 0 Å². The van der Waals surface area contributed by atoms with Gasteiger partial charge in [0.05, 0.1) is 5.41 Å². The molecular weight excluding hydrogens is 215 g/mol. The van der Waals surface area contributed by atoms with Crippen LogP contribution in [0.5, 0.6) is 11.5 Å². The average Bonchev–Trinajstić information content (AvgIpc) is 2.19. The summed E-state index contributed by atoms with van der Waals surface area (Å²) in [5.74, 6) is -3.53. The van der Waals surface area contributed by atoms with E-state index in [1.165, 1.54) is 19.9 Å². The maximum atomic E-state index is 13.1. The van der Waals surface area contributed by atoms with E-state index < -0.39 is 28.7 Å². The minimum Gasteiger partial charge on any atom is -0.505 e. The van der Waals surface area contributed by atoms with Crippen molar-refractivity contribution in [3.05, 3.63) is 23.5 Å². The lowest BCUT2D eigenvalue weighted by Gasteiger charge is -2.19. The minimum atomic E-state index is -1.13. The molecule has 0 fully saturated rings. The average molecular weight is 228 g/mol. The van der Waals surface area contributed by atoms with Gasteiger partial charge in [-0.15, -0.1) is 0 Å². The van der Waals surface area contributed by atoms with Crippen molar-refractivity contribution in [2.45, 2.75) is 20.3 Å². The van der Waals surface area contributed by atoms with Crippen LogP contribution >= 0.6 is 0 Å². The topological polar surface area (TPSA) is 77.8 Å². The summed E-state index contributed by atoms with van der Waals surface area (Å²) < 4.78 is 13.1. The summed E-state index contributed by atoms with van der Waals surface area (Å²) in [6.07, 6.45) is -0.0225. The molecule has 0 unspecified atom stereocenters. The SMILES string of the molecule is CC(C)(Cc1ccc(O)c(F)c1O)C(=O)O. The van der Waals surface area contributed by atoms with Crippen molar-refractivity contribution >= 4 is 5.97 Å². The number of aliphatic carboxylic acids is 1. The smallest absolute Gasteiger partial charge is 0.309 e. The van der Waals surface area contributed by atoms with Gasteiger partial charge >= 0.3 is 5.97 Å². The molecule has 0 aliphatic rings. The monoisotopic (exact) mass is 228 g/mol. The molecule has 0 heterocycles. The van der Waals surface area contributed by atoms with E-state index in [-0.39, 0.29) is 12.0 Å². The molecule has 0 saturated heterocycles. The Morgan fingerprint density at radius 3 is 2.44 bits per heavy atom. The Morgan fingerprint density at radius 2 is 1.94 bits per heavy atom. The molecule has 1 rings (SSSR count). The van der Waals surface area contributed by atoms with Gasteiger partial charge < -0.3 is 15.3 Å². The van der Waals surface area contributed by atoms with Crippen molar-refractivity contribution in [3.8, 4) is 11.5 Å². The van der Waals surface area contributed by atoms with E-state index in [0.717, 1.165) is 6.07 Å². The van der Waals surface area contributed by atoms with Gasteiger partial charge in [-0.2, -0.15) is 4.39 Å². The van der Waals surface area contributed by atoms with Crippen LogP contribution in [0.2, 0.25) is 0 Å². The van der Waals surface area contributed by atoms with Gasteiger partial charge in [0.15, 0.2) is 11.5 Å². The van der Waals surface area contributed by atoms with Crippen LogP contribution in [0.25, 0.3) is 0 Å². The molecule has 4 nitrogen and oxygen atoms in total. The van der Waals surface area contributed by atoms with Crippen LogP contribution in [0.15, 0.2) is 12.1 Å². The number of phenols is 2. The summed E-state index contributed by atoms with van der Waals surface area (Å²) in [4.78, 5) is 10.9. The number of hydrogen-bond acceptors (Lipinski definition) is 3. The zero-order valence-corrected chi connectivity index (χ0v) is 8.99. The summed E-state index contributed by atoms with van der Waals surface area (Å²) in [7, 11) is 0. The third kappa shape index (κ3) is 2.24. The highest BCUT2D eigenvalue weighted by Crippen LogP contribution is 2.33. The van der Waals surface area contributed by atoms with E-state index in [9.17, 15) is 14.3 Å². The zero-order valence-electron chi connectivity index (χ0n) is 8.99. The van der Waals surface area contributed by atoms with Gasteiger partial charge in [-0.3, -0.25) is 4.79 Å². The number of phenolic OH excluding ortho intramolecular Hbond substituents is 2. The zero-order chi connectivity index (χ0) is 12.5. The molecule has 0 aromatic heterocycles. The summed E-state index contributed by atoms with van der Waals surface area (Å²) in [5, 5.41) is 27.3. The van der Waals surface area contributed by atoms with Gasteiger partial charge in [0.25, 0.3) is 0 Å². The first-order valence-electron chi connectivity index (χ1n) is 4.68. The first-order valence-corrected chi connectivity index (χ1v) is 4.68. The highest BCUT2D eigenvalue weighted by atomic mass is 19.1. The maximum Gasteiger partial charge on any atom is 0.309 e. The molecule has 1 aromatic rings. The number of benzene rings is 1. The highest BCUT2D eigenvalue weighted by molar-refractivity contribution is 5.74. The molecule has 0 radical (unpaired) electrons. The standard InChI is InChI=1S/C11H13FO4/c1-11(2,10(15)16)5-6-3-4-7(13)8(12)9(6)14/h3-4,13-14H,5H2,1-2H3,(H,15,16). The first-order chi connectivity index (χ1) is 7.25. The molecule has 0 amide bonds. The molecule has 0 saturated carbocycles. The van der Waals surface area contributed by atoms with Crippen molar-refractivity contribution in [1.82, 2.24) is 0 Å². The third-order valence-electron chi connectivity index (χ3n) is 2.39. The Morgan fingerprint density at radius 1 is 1.38 bits per heavy atom. The van der Waals surface area contributed by atoms with Crippen molar-refractivity contribution in [3.63, 3.8) is 0 Å². The molecule has 0 aliphatic carbocycles. The Bertz CT molecular complexity index is 426. The molecule has 0 aliphatic heterocycles. The fourth-order valence-corrected chi connectivity index (χ4v) is 1.29. The molecule has 88 valence electrons. The second kappa shape index (κ2) is 4.00. The first kappa shape index (κ1) is 12.3. The number of carboxylic acid groups (broad SMARTS) is 1. The molecule has 16 heavy (non-hydrogen) atoms. The van der Waals surface area contributed by atoms with Gasteiger partial charge in [0.2, 0.25) is 5.82 Å². The fourth-order valence-electron chi connectivity index (χ4n) is 1.29. The number of carboxylic acids is 1. The van der Waals surface area contributed by atoms with E-state index >= 15 is 0 Å². The van der Waals surface area contributed by atoms with Gasteiger partial charge in [0, 0.05) is 0 Å². The summed E-state index contributed by atoms with van der Waals surface area (Å²) in [6.45, 7) is 2.94. The lowest BCUT2D eigenvalue weighted by molar-refractivity contribution is -0.146. The van der Waals surface area contributed by atoms with Gasteiger partial charge in [-0.05, 0) is 31.9 Å². The van der Waals surface area contributed by atoms with Crippen LogP contribution in [-0.2, 0) is 11.2 Å². The van der Waals surface area contributed by atoms with E-state index in [0.29, 0.717) is 0 Å². The maximum absolute atomic E-state index is 13.1.